The Hall–Kier alpha value is -2.90. The second-order valence-electron chi connectivity index (χ2n) is 7.64. The number of fused-ring (bicyclic) bond motifs is 1. The number of aliphatic hydroxyl groups excluding tert-OH is 1. The molecule has 4 rings (SSSR count). The van der Waals surface area contributed by atoms with Crippen molar-refractivity contribution in [3.63, 3.8) is 0 Å². The smallest absolute Gasteiger partial charge is 0.408 e. The number of benzene rings is 2. The highest BCUT2D eigenvalue weighted by molar-refractivity contribution is 5.81. The molecule has 1 aliphatic heterocycles. The molecule has 1 amide bonds. The van der Waals surface area contributed by atoms with Gasteiger partial charge in [-0.1, -0.05) is 36.4 Å². The number of oxazole rings is 1. The van der Waals surface area contributed by atoms with E-state index in [0.717, 1.165) is 24.1 Å². The van der Waals surface area contributed by atoms with Crippen molar-refractivity contribution in [2.75, 3.05) is 19.6 Å². The van der Waals surface area contributed by atoms with Gasteiger partial charge < -0.3 is 14.8 Å². The molecule has 2 N–H and O–H groups in total. The molecule has 0 aliphatic carbocycles. The molecule has 0 spiro atoms. The number of hydrogen-bond acceptors (Lipinski definition) is 5. The number of hydrogen-bond donors (Lipinski definition) is 2. The standard InChI is InChI=1S/C22H25N3O4/c1-24-19-11-15(7-8-20(19)29-22(24)28)12-21(27)23-18(16-5-3-2-4-6-16)14-25-10-9-17(26)13-25/h2-8,11,17-18,26H,9-10,12-14H2,1H3,(H,23,27)/t17-,18-/m1/s1. The number of amides is 1. The van der Waals surface area contributed by atoms with E-state index in [2.05, 4.69) is 10.2 Å². The van der Waals surface area contributed by atoms with Gasteiger partial charge >= 0.3 is 5.76 Å². The Bertz CT molecular complexity index is 1060. The molecule has 3 aromatic rings. The van der Waals surface area contributed by atoms with Crippen LogP contribution in [0.25, 0.3) is 11.1 Å². The third kappa shape index (κ3) is 4.41. The zero-order valence-corrected chi connectivity index (χ0v) is 16.4. The number of aryl methyl sites for hydroxylation is 1. The Labute approximate surface area is 168 Å². The van der Waals surface area contributed by atoms with Crippen LogP contribution in [0.1, 0.15) is 23.6 Å². The number of carbonyl (C=O) groups excluding carboxylic acids is 1. The maximum absolute atomic E-state index is 12.8. The van der Waals surface area contributed by atoms with E-state index in [0.29, 0.717) is 24.2 Å². The van der Waals surface area contributed by atoms with Crippen LogP contribution in [0, 0.1) is 0 Å². The molecule has 0 bridgehead atoms. The van der Waals surface area contributed by atoms with Crippen molar-refractivity contribution >= 4 is 17.0 Å². The maximum atomic E-state index is 12.8. The van der Waals surface area contributed by atoms with Gasteiger partial charge in [-0.2, -0.15) is 0 Å². The van der Waals surface area contributed by atoms with Crippen LogP contribution >= 0.6 is 0 Å². The first-order chi connectivity index (χ1) is 14.0. The van der Waals surface area contributed by atoms with Gasteiger partial charge in [0.25, 0.3) is 0 Å². The lowest BCUT2D eigenvalue weighted by atomic mass is 10.1. The molecule has 0 radical (unpaired) electrons. The molecule has 0 saturated carbocycles. The normalized spacial score (nSPS) is 18.2. The molecule has 7 heteroatoms. The van der Waals surface area contributed by atoms with E-state index in [1.807, 2.05) is 36.4 Å². The molecule has 1 saturated heterocycles. The second kappa shape index (κ2) is 8.23. The Morgan fingerprint density at radius 2 is 2.07 bits per heavy atom. The summed E-state index contributed by atoms with van der Waals surface area (Å²) in [6, 6.07) is 15.1. The molecule has 1 aromatic heterocycles. The number of nitrogens with zero attached hydrogens (tertiary/aromatic N) is 2. The fourth-order valence-corrected chi connectivity index (χ4v) is 3.87. The maximum Gasteiger partial charge on any atom is 0.419 e. The highest BCUT2D eigenvalue weighted by Crippen LogP contribution is 2.19. The van der Waals surface area contributed by atoms with Crippen LogP contribution in [0.15, 0.2) is 57.7 Å². The topological polar surface area (TPSA) is 87.7 Å². The minimum absolute atomic E-state index is 0.0913. The van der Waals surface area contributed by atoms with Crippen LogP contribution in [0.4, 0.5) is 0 Å². The molecule has 0 unspecified atom stereocenters. The Morgan fingerprint density at radius 3 is 2.79 bits per heavy atom. The highest BCUT2D eigenvalue weighted by Gasteiger charge is 2.24. The predicted octanol–water partition coefficient (Wildman–Crippen LogP) is 1.60. The molecule has 152 valence electrons. The van der Waals surface area contributed by atoms with Crippen molar-refractivity contribution in [1.29, 1.82) is 0 Å². The quantitative estimate of drug-likeness (QED) is 0.662. The summed E-state index contributed by atoms with van der Waals surface area (Å²) >= 11 is 0. The number of β-amino-alcohol motifs (C(OH)–C–C–N with tert-alkyl or cyclic N) is 1. The number of aliphatic hydroxyl groups is 1. The van der Waals surface area contributed by atoms with Gasteiger partial charge in [0.1, 0.15) is 0 Å². The SMILES string of the molecule is Cn1c(=O)oc2ccc(CC(=O)N[C@H](CN3CC[C@@H](O)C3)c3ccccc3)cc21. The van der Waals surface area contributed by atoms with E-state index in [-0.39, 0.29) is 24.5 Å². The first-order valence-electron chi connectivity index (χ1n) is 9.83. The molecule has 1 fully saturated rings. The average molecular weight is 395 g/mol. The van der Waals surface area contributed by atoms with Crippen LogP contribution < -0.4 is 11.1 Å². The van der Waals surface area contributed by atoms with Crippen LogP contribution in [0.5, 0.6) is 0 Å². The van der Waals surface area contributed by atoms with Crippen LogP contribution in [0.3, 0.4) is 0 Å². The minimum atomic E-state index is -0.418. The van der Waals surface area contributed by atoms with Crippen molar-refractivity contribution in [2.24, 2.45) is 7.05 Å². The van der Waals surface area contributed by atoms with Gasteiger partial charge in [-0.3, -0.25) is 14.3 Å². The number of carbonyl (C=O) groups is 1. The summed E-state index contributed by atoms with van der Waals surface area (Å²) in [5, 5.41) is 12.9. The zero-order chi connectivity index (χ0) is 20.4. The Balaban J connectivity index is 1.48. The molecule has 7 nitrogen and oxygen atoms in total. The fourth-order valence-electron chi connectivity index (χ4n) is 3.87. The summed E-state index contributed by atoms with van der Waals surface area (Å²) in [4.78, 5) is 26.6. The van der Waals surface area contributed by atoms with Gasteiger partial charge in [0.15, 0.2) is 5.58 Å². The number of nitrogens with one attached hydrogen (secondary N) is 1. The second-order valence-corrected chi connectivity index (χ2v) is 7.64. The van der Waals surface area contributed by atoms with Crippen molar-refractivity contribution in [1.82, 2.24) is 14.8 Å². The third-order valence-corrected chi connectivity index (χ3v) is 5.45. The van der Waals surface area contributed by atoms with Gasteiger partial charge in [0.05, 0.1) is 24.1 Å². The first kappa shape index (κ1) is 19.4. The lowest BCUT2D eigenvalue weighted by molar-refractivity contribution is -0.121. The molecule has 2 aromatic carbocycles. The number of aromatic nitrogens is 1. The summed E-state index contributed by atoms with van der Waals surface area (Å²) in [5.41, 5.74) is 3.03. The minimum Gasteiger partial charge on any atom is -0.408 e. The van der Waals surface area contributed by atoms with Crippen LogP contribution in [-0.2, 0) is 18.3 Å². The van der Waals surface area contributed by atoms with Crippen molar-refractivity contribution in [2.45, 2.75) is 25.0 Å². The van der Waals surface area contributed by atoms with E-state index in [1.165, 1.54) is 4.57 Å². The Morgan fingerprint density at radius 1 is 1.28 bits per heavy atom. The lowest BCUT2D eigenvalue weighted by Crippen LogP contribution is -2.38. The summed E-state index contributed by atoms with van der Waals surface area (Å²) < 4.78 is 6.58. The Kier molecular flexibility index (Phi) is 5.51. The first-order valence-corrected chi connectivity index (χ1v) is 9.83. The fraction of sp³-hybridized carbons (Fsp3) is 0.364. The number of likely N-dealkylation sites (tertiary alicyclic amines) is 1. The molecular weight excluding hydrogens is 370 g/mol. The highest BCUT2D eigenvalue weighted by atomic mass is 16.4. The van der Waals surface area contributed by atoms with Gasteiger partial charge in [-0.05, 0) is 29.7 Å². The van der Waals surface area contributed by atoms with Gasteiger partial charge in [0.2, 0.25) is 5.91 Å². The predicted molar refractivity (Wildman–Crippen MR) is 110 cm³/mol. The van der Waals surface area contributed by atoms with E-state index in [4.69, 9.17) is 4.42 Å². The lowest BCUT2D eigenvalue weighted by Gasteiger charge is -2.25. The van der Waals surface area contributed by atoms with E-state index < -0.39 is 5.76 Å². The van der Waals surface area contributed by atoms with Gasteiger partial charge in [-0.25, -0.2) is 4.79 Å². The number of rotatable bonds is 6. The van der Waals surface area contributed by atoms with Crippen LogP contribution in [-0.4, -0.2) is 46.2 Å². The summed E-state index contributed by atoms with van der Waals surface area (Å²) in [7, 11) is 1.65. The van der Waals surface area contributed by atoms with Crippen molar-refractivity contribution < 1.29 is 14.3 Å². The largest absolute Gasteiger partial charge is 0.419 e. The molecular formula is C22H25N3O4. The van der Waals surface area contributed by atoms with Crippen molar-refractivity contribution in [3.8, 4) is 0 Å². The molecule has 2 atom stereocenters. The summed E-state index contributed by atoms with van der Waals surface area (Å²) in [5.74, 6) is -0.509. The van der Waals surface area contributed by atoms with E-state index in [9.17, 15) is 14.7 Å². The monoisotopic (exact) mass is 395 g/mol. The zero-order valence-electron chi connectivity index (χ0n) is 16.4. The van der Waals surface area contributed by atoms with E-state index >= 15 is 0 Å². The van der Waals surface area contributed by atoms with Gasteiger partial charge in [0, 0.05) is 26.7 Å². The summed E-state index contributed by atoms with van der Waals surface area (Å²) in [6.07, 6.45) is 0.677. The van der Waals surface area contributed by atoms with Crippen molar-refractivity contribution in [3.05, 3.63) is 70.2 Å². The third-order valence-electron chi connectivity index (χ3n) is 5.45. The average Bonchev–Trinajstić information content (AvgIpc) is 3.25. The van der Waals surface area contributed by atoms with Gasteiger partial charge in [-0.15, -0.1) is 0 Å². The van der Waals surface area contributed by atoms with Crippen LogP contribution in [0.2, 0.25) is 0 Å². The van der Waals surface area contributed by atoms with E-state index in [1.54, 1.807) is 19.2 Å². The molecule has 2 heterocycles. The summed E-state index contributed by atoms with van der Waals surface area (Å²) in [6.45, 7) is 2.11. The molecule has 29 heavy (non-hydrogen) atoms. The molecule has 1 aliphatic rings.